The van der Waals surface area contributed by atoms with Crippen molar-refractivity contribution in [3.63, 3.8) is 0 Å². The van der Waals surface area contributed by atoms with Gasteiger partial charge < -0.3 is 9.80 Å². The van der Waals surface area contributed by atoms with E-state index in [1.807, 2.05) is 0 Å². The fourth-order valence-corrected chi connectivity index (χ4v) is 8.55. The molecule has 242 valence electrons. The second kappa shape index (κ2) is 11.3. The molecule has 0 bridgehead atoms. The maximum absolute atomic E-state index is 2.46. The Labute approximate surface area is 299 Å². The Kier molecular flexibility index (Phi) is 6.56. The summed E-state index contributed by atoms with van der Waals surface area (Å²) in [6.45, 7) is 4.72. The average molecular weight is 653 g/mol. The first-order valence-electron chi connectivity index (χ1n) is 17.8. The highest BCUT2D eigenvalue weighted by molar-refractivity contribution is 6.18. The molecule has 0 fully saturated rings. The molecule has 2 nitrogen and oxygen atoms in total. The highest BCUT2D eigenvalue weighted by Crippen LogP contribution is 2.55. The Morgan fingerprint density at radius 1 is 0.431 bits per heavy atom. The molecule has 1 heterocycles. The molecule has 8 aromatic carbocycles. The van der Waals surface area contributed by atoms with Crippen LogP contribution >= 0.6 is 0 Å². The van der Waals surface area contributed by atoms with Crippen LogP contribution in [0.25, 0.3) is 44.2 Å². The zero-order valence-electron chi connectivity index (χ0n) is 28.7. The van der Waals surface area contributed by atoms with Crippen molar-refractivity contribution in [2.75, 3.05) is 9.80 Å². The molecule has 0 saturated carbocycles. The van der Waals surface area contributed by atoms with Crippen molar-refractivity contribution in [1.29, 1.82) is 0 Å². The molecule has 0 N–H and O–H groups in total. The van der Waals surface area contributed by atoms with Crippen LogP contribution in [0.4, 0.5) is 34.1 Å². The van der Waals surface area contributed by atoms with Crippen LogP contribution in [0.5, 0.6) is 0 Å². The highest BCUT2D eigenvalue weighted by Gasteiger charge is 2.36. The lowest BCUT2D eigenvalue weighted by Gasteiger charge is -2.35. The van der Waals surface area contributed by atoms with Gasteiger partial charge in [0.1, 0.15) is 0 Å². The second-order valence-electron chi connectivity index (χ2n) is 14.2. The maximum Gasteiger partial charge on any atom is 0.0547 e. The van der Waals surface area contributed by atoms with E-state index in [0.29, 0.717) is 0 Å². The van der Waals surface area contributed by atoms with Crippen LogP contribution in [0.15, 0.2) is 182 Å². The van der Waals surface area contributed by atoms with Crippen LogP contribution in [0.1, 0.15) is 25.0 Å². The maximum atomic E-state index is 2.46. The van der Waals surface area contributed by atoms with E-state index in [-0.39, 0.29) is 5.41 Å². The summed E-state index contributed by atoms with van der Waals surface area (Å²) >= 11 is 0. The van der Waals surface area contributed by atoms with Gasteiger partial charge in [0, 0.05) is 38.8 Å². The third-order valence-corrected chi connectivity index (χ3v) is 11.0. The number of hydrogen-bond donors (Lipinski definition) is 0. The van der Waals surface area contributed by atoms with E-state index in [9.17, 15) is 0 Å². The molecule has 2 heteroatoms. The van der Waals surface area contributed by atoms with E-state index in [4.69, 9.17) is 0 Å². The Hall–Kier alpha value is -6.38. The van der Waals surface area contributed by atoms with E-state index in [0.717, 1.165) is 22.7 Å². The van der Waals surface area contributed by atoms with Crippen molar-refractivity contribution in [1.82, 2.24) is 0 Å². The van der Waals surface area contributed by atoms with Crippen LogP contribution in [0.2, 0.25) is 0 Å². The zero-order valence-corrected chi connectivity index (χ0v) is 28.7. The molecule has 0 radical (unpaired) electrons. The summed E-state index contributed by atoms with van der Waals surface area (Å²) in [5, 5.41) is 2.48. The molecule has 1 aliphatic carbocycles. The van der Waals surface area contributed by atoms with Gasteiger partial charge >= 0.3 is 0 Å². The van der Waals surface area contributed by atoms with Crippen molar-refractivity contribution >= 4 is 44.9 Å². The van der Waals surface area contributed by atoms with Gasteiger partial charge in [-0.05, 0) is 93.5 Å². The summed E-state index contributed by atoms with van der Waals surface area (Å²) in [5.41, 5.74) is 17.2. The first-order chi connectivity index (χ1) is 25.1. The SMILES string of the molecule is CC1(C)c2ccccc2-c2ccc(N(c3ccc(-c4ccccc4)cc3)c3ccc4c5c(cccc35)N(c3ccccc3)c3ccccc3-4)cc21. The summed E-state index contributed by atoms with van der Waals surface area (Å²) in [4.78, 5) is 4.88. The van der Waals surface area contributed by atoms with Crippen molar-refractivity contribution in [3.05, 3.63) is 193 Å². The number of para-hydroxylation sites is 2. The molecule has 1 aliphatic heterocycles. The molecule has 51 heavy (non-hydrogen) atoms. The smallest absolute Gasteiger partial charge is 0.0547 e. The summed E-state index contributed by atoms with van der Waals surface area (Å²) < 4.78 is 0. The molecular weight excluding hydrogens is 617 g/mol. The lowest BCUT2D eigenvalue weighted by molar-refractivity contribution is 0.660. The fourth-order valence-electron chi connectivity index (χ4n) is 8.55. The van der Waals surface area contributed by atoms with Crippen LogP contribution < -0.4 is 9.80 Å². The molecule has 10 rings (SSSR count). The van der Waals surface area contributed by atoms with Crippen molar-refractivity contribution < 1.29 is 0 Å². The van der Waals surface area contributed by atoms with Gasteiger partial charge in [0.15, 0.2) is 0 Å². The molecule has 2 aliphatic rings. The number of nitrogens with zero attached hydrogens (tertiary/aromatic N) is 2. The standard InChI is InChI=1S/C49H36N2/c1-49(2)43-21-11-9-18-38(43)39-29-28-37(32-44(39)49)50(36-26-24-34(25-27-36)33-14-5-3-6-15-33)46-31-30-41-40-19-10-12-22-45(40)51(35-16-7-4-8-17-35)47-23-13-20-42(46)48(41)47/h3-32H,1-2H3. The average Bonchev–Trinajstić information content (AvgIpc) is 3.42. The number of anilines is 6. The summed E-state index contributed by atoms with van der Waals surface area (Å²) in [7, 11) is 0. The first kappa shape index (κ1) is 29.5. The van der Waals surface area contributed by atoms with Gasteiger partial charge in [-0.25, -0.2) is 0 Å². The molecule has 8 aromatic rings. The number of fused-ring (bicyclic) bond motifs is 5. The van der Waals surface area contributed by atoms with Crippen molar-refractivity contribution in [3.8, 4) is 33.4 Å². The number of rotatable bonds is 5. The molecule has 0 saturated heterocycles. The van der Waals surface area contributed by atoms with Gasteiger partial charge in [0.05, 0.1) is 17.1 Å². The first-order valence-corrected chi connectivity index (χ1v) is 17.8. The van der Waals surface area contributed by atoms with Gasteiger partial charge in [0.2, 0.25) is 0 Å². The minimum atomic E-state index is -0.107. The Bertz CT molecular complexity index is 2600. The van der Waals surface area contributed by atoms with Crippen molar-refractivity contribution in [2.24, 2.45) is 0 Å². The largest absolute Gasteiger partial charge is 0.310 e. The topological polar surface area (TPSA) is 6.48 Å². The van der Waals surface area contributed by atoms with E-state index in [2.05, 4.69) is 206 Å². The highest BCUT2D eigenvalue weighted by atomic mass is 15.2. The number of hydrogen-bond acceptors (Lipinski definition) is 2. The lowest BCUT2D eigenvalue weighted by atomic mass is 9.82. The monoisotopic (exact) mass is 652 g/mol. The van der Waals surface area contributed by atoms with Gasteiger partial charge in [-0.15, -0.1) is 0 Å². The third-order valence-electron chi connectivity index (χ3n) is 11.0. The summed E-state index contributed by atoms with van der Waals surface area (Å²) in [6, 6.07) is 66.6. The van der Waals surface area contributed by atoms with E-state index >= 15 is 0 Å². The molecule has 0 atom stereocenters. The van der Waals surface area contributed by atoms with Gasteiger partial charge in [-0.2, -0.15) is 0 Å². The van der Waals surface area contributed by atoms with Gasteiger partial charge in [-0.3, -0.25) is 0 Å². The molecule has 0 amide bonds. The number of benzene rings is 8. The predicted octanol–water partition coefficient (Wildman–Crippen LogP) is 13.7. The minimum absolute atomic E-state index is 0.107. The quantitative estimate of drug-likeness (QED) is 0.183. The normalized spacial score (nSPS) is 13.4. The lowest BCUT2D eigenvalue weighted by Crippen LogP contribution is -2.17. The van der Waals surface area contributed by atoms with Crippen LogP contribution in [0, 0.1) is 0 Å². The third kappa shape index (κ3) is 4.50. The van der Waals surface area contributed by atoms with Crippen molar-refractivity contribution in [2.45, 2.75) is 19.3 Å². The van der Waals surface area contributed by atoms with E-state index in [1.54, 1.807) is 0 Å². The predicted molar refractivity (Wildman–Crippen MR) is 215 cm³/mol. The van der Waals surface area contributed by atoms with Gasteiger partial charge in [-0.1, -0.05) is 141 Å². The van der Waals surface area contributed by atoms with Crippen LogP contribution in [0.3, 0.4) is 0 Å². The van der Waals surface area contributed by atoms with E-state index in [1.165, 1.54) is 66.7 Å². The Morgan fingerprint density at radius 3 is 1.84 bits per heavy atom. The van der Waals surface area contributed by atoms with E-state index < -0.39 is 0 Å². The zero-order chi connectivity index (χ0) is 34.1. The molecule has 0 aromatic heterocycles. The molecular formula is C49H36N2. The van der Waals surface area contributed by atoms with Crippen LogP contribution in [-0.2, 0) is 5.41 Å². The molecule has 0 unspecified atom stereocenters. The Morgan fingerprint density at radius 2 is 1.04 bits per heavy atom. The molecule has 0 spiro atoms. The summed E-state index contributed by atoms with van der Waals surface area (Å²) in [5.74, 6) is 0. The summed E-state index contributed by atoms with van der Waals surface area (Å²) in [6.07, 6.45) is 0. The Balaban J connectivity index is 1.21. The fraction of sp³-hybridized carbons (Fsp3) is 0.0612. The second-order valence-corrected chi connectivity index (χ2v) is 14.2. The van der Waals surface area contributed by atoms with Crippen LogP contribution in [-0.4, -0.2) is 0 Å². The minimum Gasteiger partial charge on any atom is -0.310 e. The van der Waals surface area contributed by atoms with Gasteiger partial charge in [0.25, 0.3) is 0 Å².